The van der Waals surface area contributed by atoms with Crippen molar-refractivity contribution in [2.24, 2.45) is 5.92 Å². The minimum Gasteiger partial charge on any atom is -0.482 e. The first kappa shape index (κ1) is 33.5. The van der Waals surface area contributed by atoms with Crippen LogP contribution in [0.2, 0.25) is 30.7 Å². The normalized spacial score (nSPS) is 16.4. The summed E-state index contributed by atoms with van der Waals surface area (Å²) in [5.41, 5.74) is 1.37. The Labute approximate surface area is 266 Å². The Morgan fingerprint density at radius 2 is 1.77 bits per heavy atom. The summed E-state index contributed by atoms with van der Waals surface area (Å²) in [7, 11) is 0.404. The number of rotatable bonds is 15. The third-order valence-corrected chi connectivity index (χ3v) is 10.1. The Morgan fingerprint density at radius 1 is 1.07 bits per heavy atom. The van der Waals surface area contributed by atoms with Gasteiger partial charge >= 0.3 is 0 Å². The molecule has 1 N–H and O–H groups in total. The molecular weight excluding hydrogens is 594 g/mol. The molecule has 2 heterocycles. The van der Waals surface area contributed by atoms with Gasteiger partial charge < -0.3 is 19.5 Å². The maximum absolute atomic E-state index is 13.9. The second-order valence-corrected chi connectivity index (χ2v) is 18.5. The van der Waals surface area contributed by atoms with E-state index < -0.39 is 20.3 Å². The largest absolute Gasteiger partial charge is 0.482 e. The van der Waals surface area contributed by atoms with E-state index in [1.54, 1.807) is 35.0 Å². The second kappa shape index (κ2) is 15.1. The van der Waals surface area contributed by atoms with E-state index in [-0.39, 0.29) is 42.0 Å². The van der Waals surface area contributed by atoms with Crippen LogP contribution >= 0.6 is 11.6 Å². The van der Waals surface area contributed by atoms with Crippen LogP contribution in [-0.4, -0.2) is 55.2 Å². The van der Waals surface area contributed by atoms with Crippen molar-refractivity contribution in [2.75, 3.05) is 25.4 Å². The molecule has 1 aromatic heterocycles. The molecule has 8 nitrogen and oxygen atoms in total. The van der Waals surface area contributed by atoms with Crippen molar-refractivity contribution in [1.82, 2.24) is 9.58 Å². The van der Waals surface area contributed by atoms with Gasteiger partial charge in [-0.2, -0.15) is 0 Å². The molecule has 0 bridgehead atoms. The number of fused-ring (bicyclic) bond motifs is 1. The molecule has 0 aliphatic carbocycles. The molecular formula is C34H44ClN3O5Si. The van der Waals surface area contributed by atoms with Gasteiger partial charge in [0.05, 0.1) is 6.10 Å². The van der Waals surface area contributed by atoms with Gasteiger partial charge in [0.15, 0.2) is 11.4 Å². The summed E-state index contributed by atoms with van der Waals surface area (Å²) in [5.74, 6) is -0.482. The number of hydrogen-bond donors (Lipinski definition) is 1. The molecule has 3 aromatic rings. The molecule has 2 aromatic carbocycles. The van der Waals surface area contributed by atoms with Crippen molar-refractivity contribution >= 4 is 25.6 Å². The third kappa shape index (κ3) is 8.21. The predicted molar refractivity (Wildman–Crippen MR) is 178 cm³/mol. The van der Waals surface area contributed by atoms with Crippen molar-refractivity contribution < 1.29 is 19.4 Å². The van der Waals surface area contributed by atoms with Crippen LogP contribution in [0.25, 0.3) is 0 Å². The summed E-state index contributed by atoms with van der Waals surface area (Å²) < 4.78 is 13.9. The number of carbonyl (C=O) groups excluding carboxylic acids is 1. The van der Waals surface area contributed by atoms with Gasteiger partial charge in [0, 0.05) is 39.0 Å². The van der Waals surface area contributed by atoms with Crippen LogP contribution in [0, 0.1) is 5.92 Å². The van der Waals surface area contributed by atoms with Crippen LogP contribution in [0.5, 0.6) is 5.75 Å². The first-order valence-electron chi connectivity index (χ1n) is 15.1. The van der Waals surface area contributed by atoms with E-state index in [4.69, 9.17) is 21.1 Å². The maximum Gasteiger partial charge on any atom is 0.277 e. The Bertz CT molecular complexity index is 1480. The Balaban J connectivity index is 1.64. The van der Waals surface area contributed by atoms with E-state index in [1.807, 2.05) is 53.5 Å². The van der Waals surface area contributed by atoms with Gasteiger partial charge in [0.2, 0.25) is 5.43 Å². The zero-order valence-corrected chi connectivity index (χ0v) is 27.9. The van der Waals surface area contributed by atoms with E-state index in [0.717, 1.165) is 11.6 Å². The molecule has 1 aliphatic heterocycles. The molecule has 236 valence electrons. The number of allylic oxidation sites excluding steroid dienone is 1. The van der Waals surface area contributed by atoms with Crippen LogP contribution in [0.4, 0.5) is 0 Å². The van der Waals surface area contributed by atoms with Crippen molar-refractivity contribution in [3.8, 4) is 5.75 Å². The molecule has 1 amide bonds. The highest BCUT2D eigenvalue weighted by molar-refractivity contribution is 6.76. The highest BCUT2D eigenvalue weighted by Gasteiger charge is 2.39. The van der Waals surface area contributed by atoms with Gasteiger partial charge in [-0.25, -0.2) is 0 Å². The minimum atomic E-state index is -1.33. The Morgan fingerprint density at radius 3 is 2.45 bits per heavy atom. The van der Waals surface area contributed by atoms with Gasteiger partial charge in [0.1, 0.15) is 19.5 Å². The van der Waals surface area contributed by atoms with Gasteiger partial charge in [-0.1, -0.05) is 85.8 Å². The van der Waals surface area contributed by atoms with Crippen molar-refractivity contribution in [1.29, 1.82) is 0 Å². The van der Waals surface area contributed by atoms with E-state index in [2.05, 4.69) is 26.2 Å². The lowest BCUT2D eigenvalue weighted by Gasteiger charge is -2.45. The summed E-state index contributed by atoms with van der Waals surface area (Å²) in [4.78, 5) is 28.6. The third-order valence-electron chi connectivity index (χ3n) is 8.01. The van der Waals surface area contributed by atoms with Gasteiger partial charge in [-0.05, 0) is 48.4 Å². The summed E-state index contributed by atoms with van der Waals surface area (Å²) >= 11 is 6.43. The van der Waals surface area contributed by atoms with Gasteiger partial charge in [-0.3, -0.25) is 19.3 Å². The van der Waals surface area contributed by atoms with Gasteiger partial charge in [0.25, 0.3) is 5.91 Å². The quantitative estimate of drug-likeness (QED) is 0.117. The predicted octanol–water partition coefficient (Wildman–Crippen LogP) is 6.45. The molecule has 1 aliphatic rings. The van der Waals surface area contributed by atoms with Gasteiger partial charge in [-0.15, -0.1) is 6.58 Å². The van der Waals surface area contributed by atoms with Crippen molar-refractivity contribution in [3.63, 3.8) is 0 Å². The fraction of sp³-hybridized carbons (Fsp3) is 0.412. The Hall–Kier alpha value is -3.37. The molecule has 3 atom stereocenters. The fourth-order valence-electron chi connectivity index (χ4n) is 5.41. The zero-order valence-electron chi connectivity index (χ0n) is 26.1. The molecule has 3 unspecified atom stereocenters. The molecule has 0 spiro atoms. The average Bonchev–Trinajstić information content (AvgIpc) is 2.99. The SMILES string of the molecule is C=CCC(CCC1N(C)C(=O)c2c(OCc3ccccc3)c(=O)ccn2N1COCC[Si](C)(C)C)C(O)c1ccccc1Cl. The first-order chi connectivity index (χ1) is 21.0. The Kier molecular flexibility index (Phi) is 11.5. The van der Waals surface area contributed by atoms with E-state index in [0.29, 0.717) is 36.5 Å². The summed E-state index contributed by atoms with van der Waals surface area (Å²) in [5, 5.41) is 13.8. The van der Waals surface area contributed by atoms with E-state index in [1.165, 1.54) is 6.07 Å². The molecule has 10 heteroatoms. The van der Waals surface area contributed by atoms with E-state index >= 15 is 0 Å². The lowest BCUT2D eigenvalue weighted by Crippen LogP contribution is -2.60. The molecule has 0 saturated carbocycles. The number of aliphatic hydroxyl groups excluding tert-OH is 1. The smallest absolute Gasteiger partial charge is 0.277 e. The number of aliphatic hydroxyl groups is 1. The lowest BCUT2D eigenvalue weighted by atomic mass is 9.88. The fourth-order valence-corrected chi connectivity index (χ4v) is 6.42. The van der Waals surface area contributed by atoms with Crippen LogP contribution in [0.15, 0.2) is 84.3 Å². The monoisotopic (exact) mass is 637 g/mol. The van der Waals surface area contributed by atoms with Crippen molar-refractivity contribution in [2.45, 2.75) is 63.8 Å². The topological polar surface area (TPSA) is 84.2 Å². The second-order valence-electron chi connectivity index (χ2n) is 12.5. The molecule has 0 radical (unpaired) electrons. The number of hydrogen-bond acceptors (Lipinski definition) is 6. The van der Waals surface area contributed by atoms with Crippen LogP contribution in [0.1, 0.15) is 47.0 Å². The molecule has 0 fully saturated rings. The first-order valence-corrected chi connectivity index (χ1v) is 19.2. The highest BCUT2D eigenvalue weighted by atomic mass is 35.5. The number of carbonyl (C=O) groups is 1. The number of amides is 1. The summed E-state index contributed by atoms with van der Waals surface area (Å²) in [6, 6.07) is 19.3. The van der Waals surface area contributed by atoms with Crippen LogP contribution in [-0.2, 0) is 11.3 Å². The minimum absolute atomic E-state index is 0.0115. The maximum atomic E-state index is 13.9. The zero-order chi connectivity index (χ0) is 31.9. The highest BCUT2D eigenvalue weighted by Crippen LogP contribution is 2.35. The van der Waals surface area contributed by atoms with Crippen LogP contribution in [0.3, 0.4) is 0 Å². The number of pyridine rings is 1. The summed E-state index contributed by atoms with van der Waals surface area (Å²) in [6.07, 6.45) is 3.90. The molecule has 4 rings (SSSR count). The number of ether oxygens (including phenoxy) is 2. The number of nitrogens with zero attached hydrogens (tertiary/aromatic N) is 3. The van der Waals surface area contributed by atoms with E-state index in [9.17, 15) is 14.7 Å². The van der Waals surface area contributed by atoms with Crippen molar-refractivity contribution in [3.05, 3.63) is 112 Å². The lowest BCUT2D eigenvalue weighted by molar-refractivity contribution is 0.0427. The van der Waals surface area contributed by atoms with Crippen LogP contribution < -0.4 is 15.2 Å². The number of halogens is 1. The molecule has 44 heavy (non-hydrogen) atoms. The number of benzene rings is 2. The summed E-state index contributed by atoms with van der Waals surface area (Å²) in [6.45, 7) is 11.8. The number of aromatic nitrogens is 1. The standard InChI is InChI=1S/C34H44ClN3O5Si/c1-6-12-26(32(40)27-15-10-11-16-28(27)35)17-18-30-36(2)34(41)31-33(43-23-25-13-8-7-9-14-25)29(39)19-20-37(31)38(30)24-42-21-22-44(3,4)5/h6-11,13-16,19-20,26,30,32,40H,1,12,17-18,21-24H2,2-5H3. The average molecular weight is 638 g/mol. The molecule has 0 saturated heterocycles.